The number of aromatic nitrogens is 1. The molecule has 0 bridgehead atoms. The van der Waals surface area contributed by atoms with Gasteiger partial charge in [-0.05, 0) is 24.3 Å². The van der Waals surface area contributed by atoms with Gasteiger partial charge in [-0.25, -0.2) is 0 Å². The molecule has 1 aliphatic heterocycles. The van der Waals surface area contributed by atoms with Crippen LogP contribution in [0.3, 0.4) is 0 Å². The molecule has 3 rings (SSSR count). The fourth-order valence-electron chi connectivity index (χ4n) is 1.99. The highest BCUT2D eigenvalue weighted by molar-refractivity contribution is 5.99. The quantitative estimate of drug-likeness (QED) is 0.771. The molecule has 2 aromatic rings. The minimum absolute atomic E-state index is 0.111. The molecule has 2 amide bonds. The van der Waals surface area contributed by atoms with E-state index < -0.39 is 11.8 Å². The molecule has 0 spiro atoms. The van der Waals surface area contributed by atoms with Gasteiger partial charge in [-0.2, -0.15) is 0 Å². The minimum Gasteiger partial charge on any atom is -0.454 e. The molecule has 1 aromatic heterocycles. The topological polar surface area (TPSA) is 98.7 Å². The van der Waals surface area contributed by atoms with Crippen molar-refractivity contribution >= 4 is 11.8 Å². The van der Waals surface area contributed by atoms with Gasteiger partial charge in [0.05, 0.1) is 0 Å². The van der Waals surface area contributed by atoms with Crippen LogP contribution in [0.1, 0.15) is 20.7 Å². The number of hydrazine groups is 1. The number of nitrogens with one attached hydrogen (secondary N) is 2. The monoisotopic (exact) mass is 315 g/mol. The van der Waals surface area contributed by atoms with Crippen LogP contribution in [0.15, 0.2) is 41.3 Å². The smallest absolute Gasteiger partial charge is 0.269 e. The number of rotatable bonds is 2. The first-order valence-electron chi connectivity index (χ1n) is 6.71. The third kappa shape index (κ3) is 3.00. The molecule has 1 aliphatic rings. The predicted octanol–water partition coefficient (Wildman–Crippen LogP) is 0.189. The summed E-state index contributed by atoms with van der Waals surface area (Å²) in [7, 11) is 1.57. The number of carbonyl (C=O) groups is 2. The SMILES string of the molecule is Cn1ccc(C(=O)NNC(=O)c2ccc3c(c2)OCO3)cc1=O. The number of nitrogens with zero attached hydrogens (tertiary/aromatic N) is 1. The number of ether oxygens (including phenoxy) is 2. The van der Waals surface area contributed by atoms with Crippen LogP contribution >= 0.6 is 0 Å². The summed E-state index contributed by atoms with van der Waals surface area (Å²) >= 11 is 0. The van der Waals surface area contributed by atoms with Gasteiger partial charge in [0, 0.05) is 30.4 Å². The Balaban J connectivity index is 1.65. The molecule has 1 aromatic carbocycles. The van der Waals surface area contributed by atoms with E-state index >= 15 is 0 Å². The van der Waals surface area contributed by atoms with E-state index in [2.05, 4.69) is 10.9 Å². The minimum atomic E-state index is -0.586. The van der Waals surface area contributed by atoms with Gasteiger partial charge in [0.2, 0.25) is 6.79 Å². The number of aryl methyl sites for hydroxylation is 1. The van der Waals surface area contributed by atoms with Gasteiger partial charge in [-0.3, -0.25) is 25.2 Å². The second-order valence-electron chi connectivity index (χ2n) is 4.84. The van der Waals surface area contributed by atoms with Crippen LogP contribution in [0.25, 0.3) is 0 Å². The normalized spacial score (nSPS) is 11.9. The molecule has 0 atom stereocenters. The van der Waals surface area contributed by atoms with Crippen LogP contribution in [-0.4, -0.2) is 23.2 Å². The maximum Gasteiger partial charge on any atom is 0.269 e. The molecule has 23 heavy (non-hydrogen) atoms. The van der Waals surface area contributed by atoms with Gasteiger partial charge in [-0.1, -0.05) is 0 Å². The summed E-state index contributed by atoms with van der Waals surface area (Å²) in [6, 6.07) is 7.33. The lowest BCUT2D eigenvalue weighted by atomic mass is 10.2. The van der Waals surface area contributed by atoms with E-state index in [1.165, 1.54) is 29.0 Å². The largest absolute Gasteiger partial charge is 0.454 e. The van der Waals surface area contributed by atoms with Gasteiger partial charge in [0.1, 0.15) is 0 Å². The molecule has 0 unspecified atom stereocenters. The van der Waals surface area contributed by atoms with E-state index in [1.807, 2.05) is 0 Å². The Hall–Kier alpha value is -3.29. The third-order valence-corrected chi connectivity index (χ3v) is 3.29. The molecule has 2 N–H and O–H groups in total. The molecule has 2 heterocycles. The Bertz CT molecular complexity index is 843. The van der Waals surface area contributed by atoms with Crippen molar-refractivity contribution in [3.05, 3.63) is 58.0 Å². The van der Waals surface area contributed by atoms with E-state index in [-0.39, 0.29) is 17.9 Å². The molecular weight excluding hydrogens is 302 g/mol. The van der Waals surface area contributed by atoms with E-state index in [1.54, 1.807) is 19.2 Å². The van der Waals surface area contributed by atoms with Gasteiger partial charge < -0.3 is 14.0 Å². The highest BCUT2D eigenvalue weighted by Crippen LogP contribution is 2.32. The summed E-state index contributed by atoms with van der Waals surface area (Å²) in [4.78, 5) is 35.4. The molecule has 0 fully saturated rings. The lowest BCUT2D eigenvalue weighted by Gasteiger charge is -2.08. The number of benzene rings is 1. The summed E-state index contributed by atoms with van der Waals surface area (Å²) in [6.45, 7) is 0.111. The van der Waals surface area contributed by atoms with Crippen molar-refractivity contribution in [3.8, 4) is 11.5 Å². The van der Waals surface area contributed by atoms with Crippen molar-refractivity contribution in [1.29, 1.82) is 0 Å². The standard InChI is InChI=1S/C15H13N3O5/c1-18-5-4-10(7-13(18)19)15(21)17-16-14(20)9-2-3-11-12(6-9)23-8-22-11/h2-7H,8H2,1H3,(H,16,20)(H,17,21). The molecule has 0 saturated carbocycles. The lowest BCUT2D eigenvalue weighted by molar-refractivity contribution is 0.0846. The highest BCUT2D eigenvalue weighted by atomic mass is 16.7. The predicted molar refractivity (Wildman–Crippen MR) is 79.2 cm³/mol. The average molecular weight is 315 g/mol. The summed E-state index contributed by atoms with van der Waals surface area (Å²) in [6.07, 6.45) is 1.47. The van der Waals surface area contributed by atoms with Crippen LogP contribution in [0.2, 0.25) is 0 Å². The van der Waals surface area contributed by atoms with Crippen LogP contribution < -0.4 is 25.9 Å². The molecule has 0 saturated heterocycles. The van der Waals surface area contributed by atoms with Crippen molar-refractivity contribution in [1.82, 2.24) is 15.4 Å². The average Bonchev–Trinajstić information content (AvgIpc) is 3.02. The fraction of sp³-hybridized carbons (Fsp3) is 0.133. The van der Waals surface area contributed by atoms with Crippen molar-refractivity contribution in [2.45, 2.75) is 0 Å². The van der Waals surface area contributed by atoms with E-state index in [4.69, 9.17) is 9.47 Å². The second kappa shape index (κ2) is 5.84. The number of fused-ring (bicyclic) bond motifs is 1. The van der Waals surface area contributed by atoms with Crippen LogP contribution in [0, 0.1) is 0 Å². The zero-order valence-corrected chi connectivity index (χ0v) is 12.2. The highest BCUT2D eigenvalue weighted by Gasteiger charge is 2.16. The van der Waals surface area contributed by atoms with Crippen molar-refractivity contribution in [3.63, 3.8) is 0 Å². The first-order valence-corrected chi connectivity index (χ1v) is 6.71. The zero-order chi connectivity index (χ0) is 16.4. The maximum atomic E-state index is 12.0. The first kappa shape index (κ1) is 14.6. The lowest BCUT2D eigenvalue weighted by Crippen LogP contribution is -2.42. The molecule has 0 aliphatic carbocycles. The Morgan fingerprint density at radius 2 is 1.65 bits per heavy atom. The third-order valence-electron chi connectivity index (χ3n) is 3.29. The molecule has 8 heteroatoms. The molecule has 118 valence electrons. The summed E-state index contributed by atoms with van der Waals surface area (Å²) in [5, 5.41) is 0. The molecular formula is C15H13N3O5. The van der Waals surface area contributed by atoms with Crippen LogP contribution in [-0.2, 0) is 7.05 Å². The molecule has 8 nitrogen and oxygen atoms in total. The maximum absolute atomic E-state index is 12.0. The summed E-state index contributed by atoms with van der Waals surface area (Å²) in [5.74, 6) is -0.0708. The van der Waals surface area contributed by atoms with Gasteiger partial charge in [0.15, 0.2) is 11.5 Å². The van der Waals surface area contributed by atoms with E-state index in [0.717, 1.165) is 0 Å². The Labute approximate surface area is 130 Å². The number of amides is 2. The van der Waals surface area contributed by atoms with Crippen molar-refractivity contribution in [2.24, 2.45) is 7.05 Å². The van der Waals surface area contributed by atoms with Gasteiger partial charge >= 0.3 is 0 Å². The number of hydrogen-bond acceptors (Lipinski definition) is 5. The van der Waals surface area contributed by atoms with E-state index in [9.17, 15) is 14.4 Å². The van der Waals surface area contributed by atoms with Crippen LogP contribution in [0.5, 0.6) is 11.5 Å². The van der Waals surface area contributed by atoms with Crippen LogP contribution in [0.4, 0.5) is 0 Å². The van der Waals surface area contributed by atoms with Crippen molar-refractivity contribution < 1.29 is 19.1 Å². The summed E-state index contributed by atoms with van der Waals surface area (Å²) in [5.41, 5.74) is 4.67. The Kier molecular flexibility index (Phi) is 3.71. The van der Waals surface area contributed by atoms with E-state index in [0.29, 0.717) is 17.1 Å². The first-order chi connectivity index (χ1) is 11.0. The van der Waals surface area contributed by atoms with Gasteiger partial charge in [-0.15, -0.1) is 0 Å². The zero-order valence-electron chi connectivity index (χ0n) is 12.2. The number of pyridine rings is 1. The summed E-state index contributed by atoms with van der Waals surface area (Å²) < 4.78 is 11.7. The Morgan fingerprint density at radius 1 is 1.00 bits per heavy atom. The van der Waals surface area contributed by atoms with Crippen molar-refractivity contribution in [2.75, 3.05) is 6.79 Å². The van der Waals surface area contributed by atoms with Gasteiger partial charge in [0.25, 0.3) is 17.4 Å². The number of carbonyl (C=O) groups excluding carboxylic acids is 2. The Morgan fingerprint density at radius 3 is 2.35 bits per heavy atom. The number of hydrogen-bond donors (Lipinski definition) is 2. The second-order valence-corrected chi connectivity index (χ2v) is 4.84. The fourth-order valence-corrected chi connectivity index (χ4v) is 1.99. The molecule has 0 radical (unpaired) electrons.